The maximum Gasteiger partial charge on any atom is 0.338 e. The number of allylic oxidation sites excluding steroid dienone is 1. The number of benzene rings is 1. The molecule has 98 valence electrons. The summed E-state index contributed by atoms with van der Waals surface area (Å²) >= 11 is 0. The first kappa shape index (κ1) is 13.0. The number of aliphatic hydroxyl groups is 1. The number of aliphatic hydroxyl groups excluding tert-OH is 1. The number of hydrogen-bond acceptors (Lipinski definition) is 5. The lowest BCUT2D eigenvalue weighted by atomic mass is 10.2. The van der Waals surface area contributed by atoms with Crippen molar-refractivity contribution in [2.45, 2.75) is 6.10 Å². The number of carbonyl (C=O) groups is 2. The van der Waals surface area contributed by atoms with Gasteiger partial charge in [-0.05, 0) is 18.2 Å². The average Bonchev–Trinajstić information content (AvgIpc) is 2.84. The Balaban J connectivity index is 2.02. The second-order valence-corrected chi connectivity index (χ2v) is 3.82. The molecule has 1 aliphatic rings. The zero-order valence-corrected chi connectivity index (χ0v) is 9.98. The van der Waals surface area contributed by atoms with E-state index < -0.39 is 24.6 Å². The molecule has 0 aromatic heterocycles. The van der Waals surface area contributed by atoms with Crippen LogP contribution in [-0.4, -0.2) is 29.8 Å². The first-order chi connectivity index (χ1) is 9.19. The first-order valence-corrected chi connectivity index (χ1v) is 5.67. The molecule has 0 saturated heterocycles. The molecule has 1 N–H and O–H groups in total. The molecule has 0 spiro atoms. The highest BCUT2D eigenvalue weighted by Crippen LogP contribution is 2.12. The Labute approximate surface area is 109 Å². The molecule has 5 nitrogen and oxygen atoms in total. The Kier molecular flexibility index (Phi) is 4.10. The lowest BCUT2D eigenvalue weighted by Gasteiger charge is -2.12. The molecule has 0 bridgehead atoms. The van der Waals surface area contributed by atoms with Crippen molar-refractivity contribution in [3.8, 4) is 0 Å². The van der Waals surface area contributed by atoms with Crippen molar-refractivity contribution in [1.29, 1.82) is 0 Å². The molecule has 1 aromatic rings. The van der Waals surface area contributed by atoms with Gasteiger partial charge in [-0.25, -0.2) is 9.59 Å². The summed E-state index contributed by atoms with van der Waals surface area (Å²) in [5.74, 6) is -0.785. The summed E-state index contributed by atoms with van der Waals surface area (Å²) in [7, 11) is 0. The van der Waals surface area contributed by atoms with Crippen molar-refractivity contribution in [3.05, 3.63) is 59.9 Å². The van der Waals surface area contributed by atoms with Crippen LogP contribution in [0.2, 0.25) is 0 Å². The molecule has 0 fully saturated rings. The summed E-state index contributed by atoms with van der Waals surface area (Å²) in [6.45, 7) is -0.395. The highest BCUT2D eigenvalue weighted by molar-refractivity contribution is 5.89. The molecule has 1 atom stereocenters. The van der Waals surface area contributed by atoms with E-state index >= 15 is 0 Å². The van der Waals surface area contributed by atoms with Crippen LogP contribution in [0.25, 0.3) is 0 Å². The summed E-state index contributed by atoms with van der Waals surface area (Å²) in [6, 6.07) is 8.43. The van der Waals surface area contributed by atoms with Crippen LogP contribution in [0.1, 0.15) is 10.4 Å². The monoisotopic (exact) mass is 260 g/mol. The topological polar surface area (TPSA) is 72.8 Å². The molecule has 1 aromatic carbocycles. The van der Waals surface area contributed by atoms with Crippen LogP contribution in [0.4, 0.5) is 0 Å². The zero-order chi connectivity index (χ0) is 13.7. The molecule has 5 heteroatoms. The zero-order valence-electron chi connectivity index (χ0n) is 9.98. The van der Waals surface area contributed by atoms with Gasteiger partial charge in [0.25, 0.3) is 0 Å². The summed E-state index contributed by atoms with van der Waals surface area (Å²) in [5, 5.41) is 9.16. The molecule has 2 rings (SSSR count). The average molecular weight is 260 g/mol. The van der Waals surface area contributed by atoms with Gasteiger partial charge in [-0.1, -0.05) is 18.2 Å². The first-order valence-electron chi connectivity index (χ1n) is 5.67. The lowest BCUT2D eigenvalue weighted by molar-refractivity contribution is -0.132. The van der Waals surface area contributed by atoms with Gasteiger partial charge in [-0.2, -0.15) is 0 Å². The normalized spacial score (nSPS) is 17.3. The molecule has 0 radical (unpaired) electrons. The minimum atomic E-state index is -0.863. The Hall–Kier alpha value is -2.40. The summed E-state index contributed by atoms with van der Waals surface area (Å²) in [4.78, 5) is 22.6. The van der Waals surface area contributed by atoms with Crippen molar-refractivity contribution in [2.24, 2.45) is 0 Å². The van der Waals surface area contributed by atoms with Crippen molar-refractivity contribution in [3.63, 3.8) is 0 Å². The predicted molar refractivity (Wildman–Crippen MR) is 66.0 cm³/mol. The smallest absolute Gasteiger partial charge is 0.338 e. The minimum absolute atomic E-state index is 0.255. The van der Waals surface area contributed by atoms with E-state index in [2.05, 4.69) is 0 Å². The van der Waals surface area contributed by atoms with Gasteiger partial charge in [0.15, 0.2) is 0 Å². The lowest BCUT2D eigenvalue weighted by Crippen LogP contribution is -2.20. The summed E-state index contributed by atoms with van der Waals surface area (Å²) in [5.41, 5.74) is 0.387. The Morgan fingerprint density at radius 1 is 1.32 bits per heavy atom. The van der Waals surface area contributed by atoms with Gasteiger partial charge < -0.3 is 14.6 Å². The number of cyclic esters (lactones) is 1. The number of esters is 2. The van der Waals surface area contributed by atoms with Crippen LogP contribution in [-0.2, 0) is 14.3 Å². The Morgan fingerprint density at radius 3 is 2.63 bits per heavy atom. The standard InChI is InChI=1S/C14H12O5/c15-9-12(8-11-6-7-13(16)18-11)19-14(17)10-4-2-1-3-5-10/h1-8,12,15H,9H2. The maximum absolute atomic E-state index is 11.8. The second kappa shape index (κ2) is 5.97. The van der Waals surface area contributed by atoms with Gasteiger partial charge in [0, 0.05) is 12.2 Å². The molecular weight excluding hydrogens is 248 g/mol. The van der Waals surface area contributed by atoms with Crippen molar-refractivity contribution in [1.82, 2.24) is 0 Å². The third-order valence-electron chi connectivity index (χ3n) is 2.40. The maximum atomic E-state index is 11.8. The molecule has 1 aliphatic heterocycles. The highest BCUT2D eigenvalue weighted by Gasteiger charge is 2.16. The van der Waals surface area contributed by atoms with E-state index in [1.165, 1.54) is 18.2 Å². The van der Waals surface area contributed by atoms with E-state index in [4.69, 9.17) is 14.6 Å². The highest BCUT2D eigenvalue weighted by atomic mass is 16.6. The van der Waals surface area contributed by atoms with E-state index in [-0.39, 0.29) is 5.76 Å². The van der Waals surface area contributed by atoms with Crippen molar-refractivity contribution >= 4 is 11.9 Å². The van der Waals surface area contributed by atoms with E-state index in [1.54, 1.807) is 30.3 Å². The molecule has 0 amide bonds. The number of hydrogen-bond donors (Lipinski definition) is 1. The Morgan fingerprint density at radius 2 is 2.05 bits per heavy atom. The number of ether oxygens (including phenoxy) is 2. The fourth-order valence-corrected chi connectivity index (χ4v) is 1.51. The van der Waals surface area contributed by atoms with Gasteiger partial charge in [0.05, 0.1) is 12.2 Å². The SMILES string of the molecule is O=C1C=CC(=CC(CO)OC(=O)c2ccccc2)O1. The van der Waals surface area contributed by atoms with Crippen LogP contribution in [0.5, 0.6) is 0 Å². The van der Waals surface area contributed by atoms with Crippen LogP contribution in [0, 0.1) is 0 Å². The van der Waals surface area contributed by atoms with Crippen molar-refractivity contribution < 1.29 is 24.2 Å². The van der Waals surface area contributed by atoms with E-state index in [1.807, 2.05) is 0 Å². The molecule has 0 saturated carbocycles. The largest absolute Gasteiger partial charge is 0.452 e. The quantitative estimate of drug-likeness (QED) is 0.823. The molecule has 0 aliphatic carbocycles. The van der Waals surface area contributed by atoms with Gasteiger partial charge in [0.2, 0.25) is 0 Å². The van der Waals surface area contributed by atoms with E-state index in [0.717, 1.165) is 0 Å². The van der Waals surface area contributed by atoms with Gasteiger partial charge in [-0.15, -0.1) is 0 Å². The van der Waals surface area contributed by atoms with E-state index in [0.29, 0.717) is 5.56 Å². The van der Waals surface area contributed by atoms with Crippen LogP contribution >= 0.6 is 0 Å². The van der Waals surface area contributed by atoms with Gasteiger partial charge in [0.1, 0.15) is 11.9 Å². The third-order valence-corrected chi connectivity index (χ3v) is 2.40. The predicted octanol–water partition coefficient (Wildman–Crippen LogP) is 1.20. The fourth-order valence-electron chi connectivity index (χ4n) is 1.51. The van der Waals surface area contributed by atoms with Gasteiger partial charge in [-0.3, -0.25) is 0 Å². The number of rotatable bonds is 4. The molecular formula is C14H12O5. The summed E-state index contributed by atoms with van der Waals surface area (Å²) in [6.07, 6.45) is 3.21. The minimum Gasteiger partial charge on any atom is -0.452 e. The number of carbonyl (C=O) groups excluding carboxylic acids is 2. The molecule has 1 heterocycles. The van der Waals surface area contributed by atoms with Crippen LogP contribution < -0.4 is 0 Å². The van der Waals surface area contributed by atoms with Gasteiger partial charge >= 0.3 is 11.9 Å². The fraction of sp³-hybridized carbons (Fsp3) is 0.143. The van der Waals surface area contributed by atoms with Crippen molar-refractivity contribution in [2.75, 3.05) is 6.61 Å². The molecule has 19 heavy (non-hydrogen) atoms. The summed E-state index contributed by atoms with van der Waals surface area (Å²) < 4.78 is 9.88. The van der Waals surface area contributed by atoms with E-state index in [9.17, 15) is 9.59 Å². The molecule has 1 unspecified atom stereocenters. The third kappa shape index (κ3) is 3.53. The Bertz CT molecular complexity index is 530. The van der Waals surface area contributed by atoms with Crippen LogP contribution in [0.3, 0.4) is 0 Å². The second-order valence-electron chi connectivity index (χ2n) is 3.82. The van der Waals surface area contributed by atoms with Crippen LogP contribution in [0.15, 0.2) is 54.3 Å².